The number of ether oxygens (including phenoxy) is 1. The molecule has 2 aromatic rings. The van der Waals surface area contributed by atoms with Gasteiger partial charge in [-0.25, -0.2) is 9.59 Å². The van der Waals surface area contributed by atoms with Crippen molar-refractivity contribution >= 4 is 22.7 Å². The highest BCUT2D eigenvalue weighted by atomic mass is 16.5. The molecule has 0 aliphatic heterocycles. The first-order valence-electron chi connectivity index (χ1n) is 6.22. The molecule has 0 fully saturated rings. The van der Waals surface area contributed by atoms with Gasteiger partial charge in [-0.1, -0.05) is 0 Å². The number of hydrogen-bond acceptors (Lipinski definition) is 6. The number of nitrogens with zero attached hydrogens (tertiary/aromatic N) is 2. The van der Waals surface area contributed by atoms with Crippen LogP contribution in [-0.2, 0) is 9.53 Å². The number of aromatic amines is 2. The predicted molar refractivity (Wildman–Crippen MR) is 75.4 cm³/mol. The summed E-state index contributed by atoms with van der Waals surface area (Å²) in [5.74, 6) is -1.04. The van der Waals surface area contributed by atoms with E-state index in [0.717, 1.165) is 0 Å². The Morgan fingerprint density at radius 1 is 1.33 bits per heavy atom. The second-order valence-electron chi connectivity index (χ2n) is 4.16. The van der Waals surface area contributed by atoms with Crippen molar-refractivity contribution in [3.63, 3.8) is 0 Å². The van der Waals surface area contributed by atoms with Gasteiger partial charge in [0.1, 0.15) is 5.76 Å². The predicted octanol–water partition coefficient (Wildman–Crippen LogP) is 2.29. The highest BCUT2D eigenvalue weighted by molar-refractivity contribution is 5.88. The van der Waals surface area contributed by atoms with E-state index in [9.17, 15) is 14.7 Å². The van der Waals surface area contributed by atoms with Crippen molar-refractivity contribution in [1.29, 1.82) is 0 Å². The van der Waals surface area contributed by atoms with Gasteiger partial charge in [-0.3, -0.25) is 0 Å². The van der Waals surface area contributed by atoms with Crippen LogP contribution >= 0.6 is 0 Å². The fourth-order valence-electron chi connectivity index (χ4n) is 1.65. The molecule has 0 atom stereocenters. The average Bonchev–Trinajstić information content (AvgIpc) is 2.78. The molecule has 1 aromatic heterocycles. The first-order chi connectivity index (χ1) is 10.0. The lowest BCUT2D eigenvalue weighted by Gasteiger charge is -2.01. The molecule has 0 amide bonds. The van der Waals surface area contributed by atoms with Crippen LogP contribution in [0, 0.1) is 0 Å². The Morgan fingerprint density at radius 2 is 2.05 bits per heavy atom. The highest BCUT2D eigenvalue weighted by Gasteiger charge is 2.13. The Morgan fingerprint density at radius 3 is 2.71 bits per heavy atom. The van der Waals surface area contributed by atoms with Gasteiger partial charge in [-0.2, -0.15) is 5.11 Å². The summed E-state index contributed by atoms with van der Waals surface area (Å²) in [6.07, 6.45) is 0. The summed E-state index contributed by atoms with van der Waals surface area (Å²) in [6, 6.07) is 4.86. The lowest BCUT2D eigenvalue weighted by Crippen LogP contribution is -2.07. The van der Waals surface area contributed by atoms with Gasteiger partial charge >= 0.3 is 11.7 Å². The van der Waals surface area contributed by atoms with Gasteiger partial charge in [-0.05, 0) is 32.0 Å². The Labute approximate surface area is 119 Å². The van der Waals surface area contributed by atoms with Crippen molar-refractivity contribution in [3.05, 3.63) is 40.1 Å². The maximum absolute atomic E-state index is 11.6. The molecular weight excluding hydrogens is 276 g/mol. The summed E-state index contributed by atoms with van der Waals surface area (Å²) >= 11 is 0. The Bertz CT molecular complexity index is 781. The molecule has 21 heavy (non-hydrogen) atoms. The number of rotatable bonds is 4. The largest absolute Gasteiger partial charge is 0.510 e. The van der Waals surface area contributed by atoms with E-state index in [1.54, 1.807) is 25.1 Å². The zero-order valence-electron chi connectivity index (χ0n) is 11.5. The molecule has 110 valence electrons. The first kappa shape index (κ1) is 14.5. The molecule has 8 heteroatoms. The van der Waals surface area contributed by atoms with Gasteiger partial charge in [-0.15, -0.1) is 5.11 Å². The van der Waals surface area contributed by atoms with Gasteiger partial charge in [0.25, 0.3) is 0 Å². The van der Waals surface area contributed by atoms with E-state index in [2.05, 4.69) is 20.2 Å². The van der Waals surface area contributed by atoms with E-state index in [1.807, 2.05) is 0 Å². The molecule has 1 heterocycles. The summed E-state index contributed by atoms with van der Waals surface area (Å²) in [4.78, 5) is 27.9. The van der Waals surface area contributed by atoms with Crippen LogP contribution in [0.4, 0.5) is 5.69 Å². The van der Waals surface area contributed by atoms with Gasteiger partial charge in [0.2, 0.25) is 5.70 Å². The molecule has 0 aliphatic rings. The topological polar surface area (TPSA) is 120 Å². The summed E-state index contributed by atoms with van der Waals surface area (Å²) in [5.41, 5.74) is 1.04. The number of aliphatic hydroxyl groups excluding tert-OH is 1. The Balaban J connectivity index is 2.30. The molecule has 0 aliphatic carbocycles. The lowest BCUT2D eigenvalue weighted by atomic mass is 10.3. The first-order valence-corrected chi connectivity index (χ1v) is 6.22. The zero-order chi connectivity index (χ0) is 15.4. The number of imidazole rings is 1. The fraction of sp³-hybridized carbons (Fsp3) is 0.231. The molecule has 0 saturated carbocycles. The third-order valence-corrected chi connectivity index (χ3v) is 2.58. The van der Waals surface area contributed by atoms with Crippen molar-refractivity contribution in [2.75, 3.05) is 6.61 Å². The number of hydrogen-bond donors (Lipinski definition) is 3. The van der Waals surface area contributed by atoms with E-state index in [1.165, 1.54) is 6.92 Å². The summed E-state index contributed by atoms with van der Waals surface area (Å²) in [5, 5.41) is 17.0. The van der Waals surface area contributed by atoms with Gasteiger partial charge in [0.05, 0.1) is 23.3 Å². The number of nitrogens with one attached hydrogen (secondary N) is 2. The van der Waals surface area contributed by atoms with Crippen molar-refractivity contribution in [3.8, 4) is 0 Å². The van der Waals surface area contributed by atoms with E-state index in [4.69, 9.17) is 4.74 Å². The van der Waals surface area contributed by atoms with E-state index in [-0.39, 0.29) is 23.8 Å². The molecule has 8 nitrogen and oxygen atoms in total. The molecule has 2 rings (SSSR count). The number of allylic oxidation sites excluding steroid dienone is 1. The summed E-state index contributed by atoms with van der Waals surface area (Å²) < 4.78 is 4.76. The van der Waals surface area contributed by atoms with Crippen LogP contribution in [0.25, 0.3) is 11.0 Å². The van der Waals surface area contributed by atoms with E-state index in [0.29, 0.717) is 16.7 Å². The van der Waals surface area contributed by atoms with Crippen LogP contribution in [-0.4, -0.2) is 27.7 Å². The number of azo groups is 1. The van der Waals surface area contributed by atoms with Crippen LogP contribution in [0.1, 0.15) is 13.8 Å². The number of aromatic nitrogens is 2. The van der Waals surface area contributed by atoms with Crippen LogP contribution in [0.15, 0.2) is 44.7 Å². The number of H-pyrrole nitrogens is 2. The fourth-order valence-corrected chi connectivity index (χ4v) is 1.65. The smallest absolute Gasteiger partial charge is 0.362 e. The number of carbonyl (C=O) groups is 1. The minimum Gasteiger partial charge on any atom is -0.510 e. The van der Waals surface area contributed by atoms with Crippen molar-refractivity contribution < 1.29 is 14.6 Å². The maximum Gasteiger partial charge on any atom is 0.362 e. The number of aliphatic hydroxyl groups is 1. The molecule has 0 radical (unpaired) electrons. The number of benzene rings is 1. The standard InChI is InChI=1S/C13H14N4O4/c1-3-21-12(19)11(7(2)18)17-16-8-4-5-9-10(6-8)15-13(20)14-9/h4-6,18H,3H2,1-2H3,(H2,14,15,20). The van der Waals surface area contributed by atoms with Crippen LogP contribution in [0.2, 0.25) is 0 Å². The van der Waals surface area contributed by atoms with Crippen LogP contribution in [0.3, 0.4) is 0 Å². The van der Waals surface area contributed by atoms with Gasteiger partial charge in [0.15, 0.2) is 0 Å². The molecule has 0 saturated heterocycles. The zero-order valence-corrected chi connectivity index (χ0v) is 11.5. The molecule has 1 aromatic carbocycles. The third-order valence-electron chi connectivity index (χ3n) is 2.58. The minimum absolute atomic E-state index is 0.168. The number of carbonyl (C=O) groups excluding carboxylic acids is 1. The maximum atomic E-state index is 11.6. The van der Waals surface area contributed by atoms with Crippen LogP contribution < -0.4 is 5.69 Å². The Hall–Kier alpha value is -2.90. The SMILES string of the molecule is CCOC(=O)C(N=Nc1ccc2[nH]c(=O)[nH]c2c1)=C(C)O. The molecule has 0 unspecified atom stereocenters. The van der Waals surface area contributed by atoms with Crippen molar-refractivity contribution in [2.24, 2.45) is 10.2 Å². The van der Waals surface area contributed by atoms with Gasteiger partial charge in [0, 0.05) is 0 Å². The van der Waals surface area contributed by atoms with Crippen molar-refractivity contribution in [1.82, 2.24) is 9.97 Å². The van der Waals surface area contributed by atoms with E-state index < -0.39 is 5.97 Å². The molecular formula is C13H14N4O4. The van der Waals surface area contributed by atoms with E-state index >= 15 is 0 Å². The number of esters is 1. The minimum atomic E-state index is -0.752. The second kappa shape index (κ2) is 6.04. The Kier molecular flexibility index (Phi) is 4.17. The lowest BCUT2D eigenvalue weighted by molar-refractivity contribution is -0.138. The van der Waals surface area contributed by atoms with Crippen molar-refractivity contribution in [2.45, 2.75) is 13.8 Å². The molecule has 0 spiro atoms. The molecule has 0 bridgehead atoms. The summed E-state index contributed by atoms with van der Waals surface area (Å²) in [6.45, 7) is 3.13. The highest BCUT2D eigenvalue weighted by Crippen LogP contribution is 2.19. The number of fused-ring (bicyclic) bond motifs is 1. The summed E-state index contributed by atoms with van der Waals surface area (Å²) in [7, 11) is 0. The average molecular weight is 290 g/mol. The van der Waals surface area contributed by atoms with Crippen LogP contribution in [0.5, 0.6) is 0 Å². The molecule has 3 N–H and O–H groups in total. The second-order valence-corrected chi connectivity index (χ2v) is 4.16. The third kappa shape index (κ3) is 3.35. The van der Waals surface area contributed by atoms with Gasteiger partial charge < -0.3 is 19.8 Å². The monoisotopic (exact) mass is 290 g/mol. The quantitative estimate of drug-likeness (QED) is 0.346. The normalized spacial score (nSPS) is 12.7.